The number of nitro groups is 1. The van der Waals surface area contributed by atoms with Gasteiger partial charge in [0.2, 0.25) is 0 Å². The van der Waals surface area contributed by atoms with Crippen LogP contribution in [0.25, 0.3) is 21.5 Å². The van der Waals surface area contributed by atoms with Gasteiger partial charge in [-0.2, -0.15) is 0 Å². The van der Waals surface area contributed by atoms with E-state index in [1.165, 1.54) is 30.6 Å². The first-order valence-corrected chi connectivity index (χ1v) is 10.5. The molecule has 0 fully saturated rings. The summed E-state index contributed by atoms with van der Waals surface area (Å²) in [5, 5.41) is 15.9. The number of rotatable bonds is 4. The van der Waals surface area contributed by atoms with Gasteiger partial charge in [0.05, 0.1) is 33.9 Å². The van der Waals surface area contributed by atoms with Crippen molar-refractivity contribution in [3.05, 3.63) is 79.6 Å². The van der Waals surface area contributed by atoms with E-state index in [2.05, 4.69) is 15.3 Å². The van der Waals surface area contributed by atoms with Crippen LogP contribution in [-0.4, -0.2) is 19.9 Å². The highest BCUT2D eigenvalue weighted by Gasteiger charge is 2.28. The normalized spacial score (nSPS) is 15.6. The maximum Gasteiger partial charge on any atom is 0.293 e. The van der Waals surface area contributed by atoms with Crippen molar-refractivity contribution in [3.63, 3.8) is 0 Å². The number of aromatic amines is 1. The number of thiazole rings is 1. The van der Waals surface area contributed by atoms with Crippen LogP contribution in [0.1, 0.15) is 29.5 Å². The third-order valence-electron chi connectivity index (χ3n) is 5.33. The lowest BCUT2D eigenvalue weighted by atomic mass is 9.97. The average molecular weight is 437 g/mol. The fourth-order valence-electron chi connectivity index (χ4n) is 3.83. The van der Waals surface area contributed by atoms with Gasteiger partial charge in [-0.15, -0.1) is 11.3 Å². The molecule has 1 unspecified atom stereocenters. The van der Waals surface area contributed by atoms with E-state index in [-0.39, 0.29) is 22.9 Å². The third kappa shape index (κ3) is 3.55. The molecule has 0 aliphatic heterocycles. The van der Waals surface area contributed by atoms with Crippen LogP contribution in [0.3, 0.4) is 0 Å². The Bertz CT molecular complexity index is 1370. The zero-order chi connectivity index (χ0) is 21.5. The Hall–Kier alpha value is -3.66. The molecule has 1 aliphatic rings. The summed E-state index contributed by atoms with van der Waals surface area (Å²) in [5.41, 5.74) is 1.74. The van der Waals surface area contributed by atoms with Crippen molar-refractivity contribution in [1.82, 2.24) is 15.0 Å². The number of benzene rings is 2. The highest BCUT2D eigenvalue weighted by Crippen LogP contribution is 2.40. The monoisotopic (exact) mass is 437 g/mol. The lowest BCUT2D eigenvalue weighted by Crippen LogP contribution is -2.18. The van der Waals surface area contributed by atoms with Gasteiger partial charge in [-0.25, -0.2) is 14.4 Å². The zero-order valence-corrected chi connectivity index (χ0v) is 16.9. The maximum absolute atomic E-state index is 13.3. The Labute approximate surface area is 179 Å². The predicted octanol–water partition coefficient (Wildman–Crippen LogP) is 4.58. The summed E-state index contributed by atoms with van der Waals surface area (Å²) in [4.78, 5) is 35.6. The molecule has 2 heterocycles. The summed E-state index contributed by atoms with van der Waals surface area (Å²) in [5.74, 6) is -0.305. The molecule has 2 aromatic heterocycles. The Morgan fingerprint density at radius 3 is 2.84 bits per heavy atom. The number of nitrogens with zero attached hydrogens (tertiary/aromatic N) is 3. The molecule has 0 saturated heterocycles. The Balaban J connectivity index is 1.54. The van der Waals surface area contributed by atoms with E-state index in [1.807, 2.05) is 0 Å². The van der Waals surface area contributed by atoms with Gasteiger partial charge in [-0.1, -0.05) is 0 Å². The van der Waals surface area contributed by atoms with Crippen LogP contribution in [0, 0.1) is 15.9 Å². The minimum Gasteiger partial charge on any atom is -0.371 e. The fourth-order valence-corrected chi connectivity index (χ4v) is 5.00. The molecular formula is C21H16FN5O3S. The first-order chi connectivity index (χ1) is 15.0. The van der Waals surface area contributed by atoms with Gasteiger partial charge in [-0.3, -0.25) is 14.9 Å². The van der Waals surface area contributed by atoms with Crippen LogP contribution in [-0.2, 0) is 6.42 Å². The molecule has 2 N–H and O–H groups in total. The predicted molar refractivity (Wildman–Crippen MR) is 116 cm³/mol. The fraction of sp³-hybridized carbons (Fsp3) is 0.190. The number of nitrogens with one attached hydrogen (secondary N) is 2. The lowest BCUT2D eigenvalue weighted by molar-refractivity contribution is -0.383. The molecule has 1 aliphatic carbocycles. The smallest absolute Gasteiger partial charge is 0.293 e. The molecule has 156 valence electrons. The first-order valence-electron chi connectivity index (χ1n) is 9.67. The van der Waals surface area contributed by atoms with Crippen molar-refractivity contribution in [2.75, 3.05) is 5.32 Å². The second kappa shape index (κ2) is 7.55. The van der Waals surface area contributed by atoms with E-state index in [0.29, 0.717) is 11.2 Å². The molecular weight excluding hydrogens is 421 g/mol. The highest BCUT2D eigenvalue weighted by atomic mass is 32.1. The number of nitro benzene ring substituents is 1. The van der Waals surface area contributed by atoms with Gasteiger partial charge in [0, 0.05) is 16.5 Å². The van der Waals surface area contributed by atoms with Crippen LogP contribution in [0.4, 0.5) is 15.8 Å². The highest BCUT2D eigenvalue weighted by molar-refractivity contribution is 7.15. The Morgan fingerprint density at radius 2 is 2.06 bits per heavy atom. The van der Waals surface area contributed by atoms with Gasteiger partial charge < -0.3 is 10.3 Å². The lowest BCUT2D eigenvalue weighted by Gasteiger charge is -2.23. The zero-order valence-electron chi connectivity index (χ0n) is 16.1. The standard InChI is InChI=1S/C21H16FN5O3S/c22-12-6-4-11(5-7-12)21-26-19-14(2-1-3-18(19)31-21)25-16-9-15-13(8-17(16)27(29)30)20(28)24-10-23-15/h4-10,14,25H,1-3H2,(H,23,24,28). The quantitative estimate of drug-likeness (QED) is 0.357. The molecule has 0 bridgehead atoms. The van der Waals surface area contributed by atoms with E-state index < -0.39 is 10.5 Å². The van der Waals surface area contributed by atoms with Crippen molar-refractivity contribution in [2.45, 2.75) is 25.3 Å². The van der Waals surface area contributed by atoms with E-state index >= 15 is 0 Å². The van der Waals surface area contributed by atoms with Crippen molar-refractivity contribution in [1.29, 1.82) is 0 Å². The molecule has 8 nitrogen and oxygen atoms in total. The van der Waals surface area contributed by atoms with Crippen LogP contribution in [0.15, 0.2) is 47.5 Å². The van der Waals surface area contributed by atoms with Gasteiger partial charge >= 0.3 is 0 Å². The molecule has 0 saturated carbocycles. The van der Waals surface area contributed by atoms with Gasteiger partial charge in [0.15, 0.2) is 0 Å². The molecule has 0 spiro atoms. The molecule has 5 rings (SSSR count). The average Bonchev–Trinajstić information content (AvgIpc) is 3.19. The molecule has 0 radical (unpaired) electrons. The number of fused-ring (bicyclic) bond motifs is 2. The number of halogens is 1. The number of hydrogen-bond donors (Lipinski definition) is 2. The molecule has 2 aromatic carbocycles. The summed E-state index contributed by atoms with van der Waals surface area (Å²) in [7, 11) is 0. The summed E-state index contributed by atoms with van der Waals surface area (Å²) in [6.07, 6.45) is 3.82. The first kappa shape index (κ1) is 19.3. The summed E-state index contributed by atoms with van der Waals surface area (Å²) >= 11 is 1.56. The van der Waals surface area contributed by atoms with Gasteiger partial charge in [0.1, 0.15) is 16.5 Å². The number of anilines is 1. The largest absolute Gasteiger partial charge is 0.371 e. The third-order valence-corrected chi connectivity index (χ3v) is 6.51. The van der Waals surface area contributed by atoms with Crippen LogP contribution < -0.4 is 10.9 Å². The van der Waals surface area contributed by atoms with Crippen molar-refractivity contribution in [3.8, 4) is 10.6 Å². The van der Waals surface area contributed by atoms with E-state index in [4.69, 9.17) is 4.98 Å². The number of hydrogen-bond acceptors (Lipinski definition) is 7. The minimum absolute atomic E-state index is 0.163. The number of aromatic nitrogens is 3. The van der Waals surface area contributed by atoms with E-state index in [0.717, 1.165) is 40.4 Å². The molecule has 10 heteroatoms. The van der Waals surface area contributed by atoms with Crippen LogP contribution in [0.5, 0.6) is 0 Å². The topological polar surface area (TPSA) is 114 Å². The SMILES string of the molecule is O=c1[nH]cnc2cc(NC3CCCc4sc(-c5ccc(F)cc5)nc43)c([N+](=O)[O-])cc12. The maximum atomic E-state index is 13.3. The van der Waals surface area contributed by atoms with E-state index in [1.54, 1.807) is 23.5 Å². The van der Waals surface area contributed by atoms with Crippen LogP contribution in [0.2, 0.25) is 0 Å². The molecule has 4 aromatic rings. The second-order valence-electron chi connectivity index (χ2n) is 7.30. The Morgan fingerprint density at radius 1 is 1.26 bits per heavy atom. The van der Waals surface area contributed by atoms with Crippen LogP contribution >= 0.6 is 11.3 Å². The number of H-pyrrole nitrogens is 1. The molecule has 1 atom stereocenters. The van der Waals surface area contributed by atoms with E-state index in [9.17, 15) is 19.3 Å². The Kier molecular flexibility index (Phi) is 4.70. The number of aryl methyl sites for hydroxylation is 1. The summed E-state index contributed by atoms with van der Waals surface area (Å²) in [6.45, 7) is 0. The summed E-state index contributed by atoms with van der Waals surface area (Å²) in [6, 6.07) is 8.76. The second-order valence-corrected chi connectivity index (χ2v) is 8.38. The van der Waals surface area contributed by atoms with Crippen molar-refractivity contribution in [2.24, 2.45) is 0 Å². The van der Waals surface area contributed by atoms with Gasteiger partial charge in [0.25, 0.3) is 11.2 Å². The minimum atomic E-state index is -0.511. The molecule has 31 heavy (non-hydrogen) atoms. The van der Waals surface area contributed by atoms with Gasteiger partial charge in [-0.05, 0) is 49.6 Å². The van der Waals surface area contributed by atoms with Crippen molar-refractivity contribution < 1.29 is 9.31 Å². The van der Waals surface area contributed by atoms with Crippen molar-refractivity contribution >= 4 is 33.6 Å². The molecule has 0 amide bonds. The summed E-state index contributed by atoms with van der Waals surface area (Å²) < 4.78 is 13.3.